The summed E-state index contributed by atoms with van der Waals surface area (Å²) in [6, 6.07) is 1.92. The van der Waals surface area contributed by atoms with Crippen molar-refractivity contribution in [3.05, 3.63) is 29.0 Å². The zero-order valence-electron chi connectivity index (χ0n) is 9.77. The summed E-state index contributed by atoms with van der Waals surface area (Å²) in [5.74, 6) is -0.832. The highest BCUT2D eigenvalue weighted by molar-refractivity contribution is 7.15. The van der Waals surface area contributed by atoms with Crippen LogP contribution in [0.2, 0.25) is 0 Å². The second-order valence-corrected chi connectivity index (χ2v) is 5.41. The number of aliphatic carboxylic acids is 1. The zero-order chi connectivity index (χ0) is 12.8. The number of hydrogen-bond acceptors (Lipinski definition) is 4. The zero-order valence-corrected chi connectivity index (χ0v) is 10.6. The molecule has 2 N–H and O–H groups in total. The number of H-pyrrole nitrogens is 1. The molecule has 94 valence electrons. The van der Waals surface area contributed by atoms with Gasteiger partial charge in [0.25, 0.3) is 0 Å². The van der Waals surface area contributed by atoms with E-state index < -0.39 is 11.4 Å². The third-order valence-electron chi connectivity index (χ3n) is 3.18. The Labute approximate surface area is 107 Å². The van der Waals surface area contributed by atoms with Crippen LogP contribution >= 0.6 is 11.3 Å². The van der Waals surface area contributed by atoms with Crippen molar-refractivity contribution in [1.82, 2.24) is 9.97 Å². The standard InChI is InChI=1S/C12H12N2O3S/c1-7-9(12(11(15)16)5-17-6-12)18-10(14-7)8-2-3-13-4-8/h2-4,13H,5-6H2,1H3,(H,15,16). The van der Waals surface area contributed by atoms with Gasteiger partial charge < -0.3 is 14.8 Å². The van der Waals surface area contributed by atoms with Crippen LogP contribution in [0, 0.1) is 6.92 Å². The van der Waals surface area contributed by atoms with E-state index in [1.807, 2.05) is 25.4 Å². The van der Waals surface area contributed by atoms with E-state index in [1.165, 1.54) is 11.3 Å². The summed E-state index contributed by atoms with van der Waals surface area (Å²) >= 11 is 1.44. The molecule has 6 heteroatoms. The van der Waals surface area contributed by atoms with E-state index in [4.69, 9.17) is 4.74 Å². The summed E-state index contributed by atoms with van der Waals surface area (Å²) in [7, 11) is 0. The van der Waals surface area contributed by atoms with E-state index in [0.29, 0.717) is 0 Å². The Hall–Kier alpha value is -1.66. The monoisotopic (exact) mass is 264 g/mol. The minimum absolute atomic E-state index is 0.234. The van der Waals surface area contributed by atoms with Crippen molar-refractivity contribution < 1.29 is 14.6 Å². The average Bonchev–Trinajstić information content (AvgIpc) is 2.86. The molecular formula is C12H12N2O3S. The third-order valence-corrected chi connectivity index (χ3v) is 4.59. The topological polar surface area (TPSA) is 75.2 Å². The lowest BCUT2D eigenvalue weighted by Gasteiger charge is -2.36. The van der Waals surface area contributed by atoms with Gasteiger partial charge in [0.2, 0.25) is 0 Å². The van der Waals surface area contributed by atoms with Crippen molar-refractivity contribution in [2.24, 2.45) is 0 Å². The fourth-order valence-electron chi connectivity index (χ4n) is 2.08. The number of aryl methyl sites for hydroxylation is 1. The molecule has 0 amide bonds. The molecule has 0 aromatic carbocycles. The molecular weight excluding hydrogens is 252 g/mol. The quantitative estimate of drug-likeness (QED) is 0.886. The molecule has 2 aromatic rings. The number of nitrogens with one attached hydrogen (secondary N) is 1. The molecule has 1 aliphatic rings. The number of carboxylic acids is 1. The predicted molar refractivity (Wildman–Crippen MR) is 66.8 cm³/mol. The van der Waals surface area contributed by atoms with Gasteiger partial charge in [0.05, 0.1) is 23.8 Å². The highest BCUT2D eigenvalue weighted by Crippen LogP contribution is 2.40. The van der Waals surface area contributed by atoms with Crippen molar-refractivity contribution in [1.29, 1.82) is 0 Å². The minimum Gasteiger partial charge on any atom is -0.480 e. The van der Waals surface area contributed by atoms with Crippen molar-refractivity contribution in [3.8, 4) is 10.6 Å². The highest BCUT2D eigenvalue weighted by Gasteiger charge is 2.50. The molecule has 0 spiro atoms. The molecule has 1 aliphatic heterocycles. The Morgan fingerprint density at radius 1 is 1.61 bits per heavy atom. The van der Waals surface area contributed by atoms with Crippen LogP contribution in [0.5, 0.6) is 0 Å². The molecule has 0 unspecified atom stereocenters. The van der Waals surface area contributed by atoms with E-state index in [1.54, 1.807) is 0 Å². The number of carbonyl (C=O) groups is 1. The second-order valence-electron chi connectivity index (χ2n) is 4.41. The first-order valence-corrected chi connectivity index (χ1v) is 6.37. The molecule has 18 heavy (non-hydrogen) atoms. The number of rotatable bonds is 3. The lowest BCUT2D eigenvalue weighted by atomic mass is 9.83. The first-order chi connectivity index (χ1) is 8.63. The minimum atomic E-state index is -0.893. The molecule has 2 aromatic heterocycles. The Morgan fingerprint density at radius 3 is 2.89 bits per heavy atom. The molecule has 3 heterocycles. The summed E-state index contributed by atoms with van der Waals surface area (Å²) in [5, 5.41) is 10.2. The molecule has 5 nitrogen and oxygen atoms in total. The molecule has 1 saturated heterocycles. The summed E-state index contributed by atoms with van der Waals surface area (Å²) < 4.78 is 5.10. The number of carboxylic acid groups (broad SMARTS) is 1. The lowest BCUT2D eigenvalue weighted by Crippen LogP contribution is -2.52. The summed E-state index contributed by atoms with van der Waals surface area (Å²) in [5.41, 5.74) is 0.869. The first-order valence-electron chi connectivity index (χ1n) is 5.56. The molecule has 0 radical (unpaired) electrons. The van der Waals surface area contributed by atoms with Gasteiger partial charge in [-0.1, -0.05) is 0 Å². The van der Waals surface area contributed by atoms with Gasteiger partial charge in [-0.25, -0.2) is 4.98 Å². The van der Waals surface area contributed by atoms with Gasteiger partial charge in [-0.3, -0.25) is 4.79 Å². The Kier molecular flexibility index (Phi) is 2.49. The third kappa shape index (κ3) is 1.49. The van der Waals surface area contributed by atoms with Crippen molar-refractivity contribution >= 4 is 17.3 Å². The van der Waals surface area contributed by atoms with Gasteiger partial charge in [-0.2, -0.15) is 0 Å². The maximum Gasteiger partial charge on any atom is 0.319 e. The number of aromatic amines is 1. The van der Waals surface area contributed by atoms with Crippen molar-refractivity contribution in [3.63, 3.8) is 0 Å². The maximum absolute atomic E-state index is 11.4. The summed E-state index contributed by atoms with van der Waals surface area (Å²) in [6.45, 7) is 2.32. The number of thiazole rings is 1. The van der Waals surface area contributed by atoms with Crippen LogP contribution in [0.1, 0.15) is 10.6 Å². The second kappa shape index (κ2) is 3.93. The smallest absolute Gasteiger partial charge is 0.319 e. The predicted octanol–water partition coefficient (Wildman–Crippen LogP) is 1.80. The van der Waals surface area contributed by atoms with E-state index >= 15 is 0 Å². The van der Waals surface area contributed by atoms with Crippen LogP contribution < -0.4 is 0 Å². The van der Waals surface area contributed by atoms with Crippen LogP contribution in [0.15, 0.2) is 18.5 Å². The largest absolute Gasteiger partial charge is 0.480 e. The number of nitrogens with zero attached hydrogens (tertiary/aromatic N) is 1. The van der Waals surface area contributed by atoms with Crippen molar-refractivity contribution in [2.75, 3.05) is 13.2 Å². The lowest BCUT2D eigenvalue weighted by molar-refractivity contribution is -0.162. The Morgan fingerprint density at radius 2 is 2.39 bits per heavy atom. The Balaban J connectivity index is 2.06. The van der Waals surface area contributed by atoms with E-state index in [-0.39, 0.29) is 13.2 Å². The molecule has 1 fully saturated rings. The fourth-order valence-corrected chi connectivity index (χ4v) is 3.29. The van der Waals surface area contributed by atoms with Crippen LogP contribution in [-0.4, -0.2) is 34.3 Å². The average molecular weight is 264 g/mol. The van der Waals surface area contributed by atoms with E-state index in [9.17, 15) is 9.90 Å². The normalized spacial score (nSPS) is 17.4. The molecule has 0 saturated carbocycles. The van der Waals surface area contributed by atoms with E-state index in [0.717, 1.165) is 21.1 Å². The van der Waals surface area contributed by atoms with Gasteiger partial charge in [-0.15, -0.1) is 11.3 Å². The summed E-state index contributed by atoms with van der Waals surface area (Å²) in [4.78, 5) is 19.7. The van der Waals surface area contributed by atoms with Crippen molar-refractivity contribution in [2.45, 2.75) is 12.3 Å². The van der Waals surface area contributed by atoms with Gasteiger partial charge in [0.1, 0.15) is 5.01 Å². The maximum atomic E-state index is 11.4. The SMILES string of the molecule is Cc1nc(-c2cc[nH]c2)sc1C1(C(=O)O)COC1. The van der Waals surface area contributed by atoms with Crippen LogP contribution in [0.25, 0.3) is 10.6 Å². The van der Waals surface area contributed by atoms with Gasteiger partial charge in [0, 0.05) is 18.0 Å². The fraction of sp³-hybridized carbons (Fsp3) is 0.333. The first kappa shape index (κ1) is 11.4. The molecule has 0 atom stereocenters. The number of aromatic nitrogens is 2. The van der Waals surface area contributed by atoms with Gasteiger partial charge in [0.15, 0.2) is 5.41 Å². The van der Waals surface area contributed by atoms with Gasteiger partial charge >= 0.3 is 5.97 Å². The molecule has 0 aliphatic carbocycles. The highest BCUT2D eigenvalue weighted by atomic mass is 32.1. The number of ether oxygens (including phenoxy) is 1. The molecule has 0 bridgehead atoms. The van der Waals surface area contributed by atoms with Gasteiger partial charge in [-0.05, 0) is 13.0 Å². The van der Waals surface area contributed by atoms with Crippen LogP contribution in [0.3, 0.4) is 0 Å². The Bertz CT molecular complexity index is 584. The van der Waals surface area contributed by atoms with E-state index in [2.05, 4.69) is 9.97 Å². The van der Waals surface area contributed by atoms with Crippen LogP contribution in [0.4, 0.5) is 0 Å². The van der Waals surface area contributed by atoms with Crippen LogP contribution in [-0.2, 0) is 14.9 Å². The summed E-state index contributed by atoms with van der Waals surface area (Å²) in [6.07, 6.45) is 3.68. The number of hydrogen-bond donors (Lipinski definition) is 2. The molecule has 3 rings (SSSR count).